The van der Waals surface area contributed by atoms with E-state index >= 15 is 0 Å². The summed E-state index contributed by atoms with van der Waals surface area (Å²) in [5.41, 5.74) is 1.15. The van der Waals surface area contributed by atoms with Gasteiger partial charge in [-0.1, -0.05) is 24.8 Å². The van der Waals surface area contributed by atoms with Crippen LogP contribution in [0.5, 0.6) is 0 Å². The van der Waals surface area contributed by atoms with Crippen LogP contribution in [0.4, 0.5) is 13.2 Å². The van der Waals surface area contributed by atoms with Gasteiger partial charge in [0.25, 0.3) is 0 Å². The second kappa shape index (κ2) is 4.09. The Morgan fingerprint density at radius 2 is 2.06 bits per heavy atom. The van der Waals surface area contributed by atoms with Crippen LogP contribution in [0.2, 0.25) is 0 Å². The van der Waals surface area contributed by atoms with Crippen molar-refractivity contribution in [2.75, 3.05) is 13.6 Å². The van der Waals surface area contributed by atoms with Crippen LogP contribution in [0.1, 0.15) is 23.5 Å². The molecule has 0 amide bonds. The van der Waals surface area contributed by atoms with Gasteiger partial charge < -0.3 is 4.90 Å². The van der Waals surface area contributed by atoms with Crippen molar-refractivity contribution in [1.82, 2.24) is 4.90 Å². The first-order valence-corrected chi connectivity index (χ1v) is 5.44. The third-order valence-electron chi connectivity index (χ3n) is 3.20. The fourth-order valence-electron chi connectivity index (χ4n) is 2.16. The lowest BCUT2D eigenvalue weighted by Gasteiger charge is -2.14. The maximum atomic E-state index is 12.6. The fourth-order valence-corrected chi connectivity index (χ4v) is 2.16. The number of likely N-dealkylation sites (tertiary alicyclic amines) is 1. The van der Waals surface area contributed by atoms with Crippen LogP contribution >= 0.6 is 0 Å². The average molecular weight is 241 g/mol. The van der Waals surface area contributed by atoms with E-state index < -0.39 is 11.7 Å². The van der Waals surface area contributed by atoms with Crippen molar-refractivity contribution in [1.29, 1.82) is 0 Å². The van der Waals surface area contributed by atoms with E-state index in [4.69, 9.17) is 0 Å². The van der Waals surface area contributed by atoms with Gasteiger partial charge in [-0.15, -0.1) is 0 Å². The number of rotatable bonds is 1. The highest BCUT2D eigenvalue weighted by atomic mass is 19.4. The molecule has 17 heavy (non-hydrogen) atoms. The Morgan fingerprint density at radius 3 is 2.59 bits per heavy atom. The summed E-state index contributed by atoms with van der Waals surface area (Å²) in [5.74, 6) is 0.120. The lowest BCUT2D eigenvalue weighted by Crippen LogP contribution is -2.12. The lowest BCUT2D eigenvalue weighted by molar-refractivity contribution is -0.137. The number of alkyl halides is 3. The van der Waals surface area contributed by atoms with Gasteiger partial charge in [-0.25, -0.2) is 0 Å². The average Bonchev–Trinajstić information content (AvgIpc) is 2.58. The van der Waals surface area contributed by atoms with Crippen molar-refractivity contribution in [3.05, 3.63) is 47.7 Å². The van der Waals surface area contributed by atoms with Crippen LogP contribution in [0, 0.1) is 0 Å². The van der Waals surface area contributed by atoms with Crippen molar-refractivity contribution in [3.63, 3.8) is 0 Å². The number of likely N-dealkylation sites (N-methyl/N-ethyl adjacent to an activating group) is 1. The summed E-state index contributed by atoms with van der Waals surface area (Å²) in [5, 5.41) is 0. The number of halogens is 3. The van der Waals surface area contributed by atoms with E-state index in [0.717, 1.165) is 30.3 Å². The van der Waals surface area contributed by atoms with Gasteiger partial charge in [0.15, 0.2) is 0 Å². The third-order valence-corrected chi connectivity index (χ3v) is 3.20. The molecule has 0 radical (unpaired) electrons. The summed E-state index contributed by atoms with van der Waals surface area (Å²) < 4.78 is 37.7. The Kier molecular flexibility index (Phi) is 2.89. The van der Waals surface area contributed by atoms with E-state index in [9.17, 15) is 13.2 Å². The number of nitrogens with zero attached hydrogens (tertiary/aromatic N) is 1. The SMILES string of the molecule is C=C1CC(c2cccc(C(F)(F)F)c2)CN1C. The van der Waals surface area contributed by atoms with Crippen molar-refractivity contribution in [3.8, 4) is 0 Å². The molecule has 1 atom stereocenters. The molecular formula is C13H14F3N. The molecule has 1 unspecified atom stereocenters. The Morgan fingerprint density at radius 1 is 1.35 bits per heavy atom. The second-order valence-corrected chi connectivity index (χ2v) is 4.47. The molecule has 1 nitrogen and oxygen atoms in total. The maximum absolute atomic E-state index is 12.6. The van der Waals surface area contributed by atoms with Gasteiger partial charge in [-0.3, -0.25) is 0 Å². The minimum atomic E-state index is -4.27. The second-order valence-electron chi connectivity index (χ2n) is 4.47. The molecule has 0 saturated carbocycles. The van der Waals surface area contributed by atoms with Crippen molar-refractivity contribution in [2.24, 2.45) is 0 Å². The molecule has 1 aromatic carbocycles. The largest absolute Gasteiger partial charge is 0.416 e. The quantitative estimate of drug-likeness (QED) is 0.725. The van der Waals surface area contributed by atoms with Gasteiger partial charge >= 0.3 is 6.18 Å². The first kappa shape index (κ1) is 12.0. The van der Waals surface area contributed by atoms with E-state index in [-0.39, 0.29) is 5.92 Å². The predicted octanol–water partition coefficient (Wildman–Crippen LogP) is 3.64. The van der Waals surface area contributed by atoms with Gasteiger partial charge in [-0.05, 0) is 18.1 Å². The molecule has 0 N–H and O–H groups in total. The smallest absolute Gasteiger partial charge is 0.378 e. The van der Waals surface area contributed by atoms with E-state index in [2.05, 4.69) is 6.58 Å². The van der Waals surface area contributed by atoms with Crippen LogP contribution in [0.3, 0.4) is 0 Å². The normalized spacial score (nSPS) is 21.1. The molecular weight excluding hydrogens is 227 g/mol. The van der Waals surface area contributed by atoms with Gasteiger partial charge in [-0.2, -0.15) is 13.2 Å². The summed E-state index contributed by atoms with van der Waals surface area (Å²) in [6, 6.07) is 5.58. The molecule has 1 saturated heterocycles. The van der Waals surface area contributed by atoms with E-state index in [1.54, 1.807) is 6.07 Å². The molecule has 1 fully saturated rings. The Hall–Kier alpha value is -1.45. The zero-order chi connectivity index (χ0) is 12.6. The molecule has 2 rings (SSSR count). The summed E-state index contributed by atoms with van der Waals surface area (Å²) in [7, 11) is 1.91. The first-order valence-electron chi connectivity index (χ1n) is 5.44. The van der Waals surface area contributed by atoms with Gasteiger partial charge in [0.2, 0.25) is 0 Å². The zero-order valence-electron chi connectivity index (χ0n) is 9.59. The molecule has 0 aromatic heterocycles. The molecule has 92 valence electrons. The minimum Gasteiger partial charge on any atom is -0.378 e. The Bertz CT molecular complexity index is 437. The van der Waals surface area contributed by atoms with Crippen molar-refractivity contribution >= 4 is 0 Å². The molecule has 0 bridgehead atoms. The number of benzene rings is 1. The topological polar surface area (TPSA) is 3.24 Å². The summed E-state index contributed by atoms with van der Waals surface area (Å²) in [6.45, 7) is 4.62. The van der Waals surface area contributed by atoms with Gasteiger partial charge in [0.1, 0.15) is 0 Å². The lowest BCUT2D eigenvalue weighted by atomic mass is 9.96. The number of hydrogen-bond donors (Lipinski definition) is 0. The van der Waals surface area contributed by atoms with Crippen LogP contribution < -0.4 is 0 Å². The first-order chi connectivity index (χ1) is 7.88. The zero-order valence-corrected chi connectivity index (χ0v) is 9.59. The van der Waals surface area contributed by atoms with Crippen LogP contribution in [-0.4, -0.2) is 18.5 Å². The molecule has 1 aliphatic heterocycles. The van der Waals surface area contributed by atoms with Crippen molar-refractivity contribution < 1.29 is 13.2 Å². The van der Waals surface area contributed by atoms with E-state index in [0.29, 0.717) is 0 Å². The summed E-state index contributed by atoms with van der Waals surface area (Å²) >= 11 is 0. The van der Waals surface area contributed by atoms with E-state index in [1.807, 2.05) is 11.9 Å². The highest BCUT2D eigenvalue weighted by molar-refractivity contribution is 5.30. The van der Waals surface area contributed by atoms with Gasteiger partial charge in [0, 0.05) is 25.2 Å². The highest BCUT2D eigenvalue weighted by Crippen LogP contribution is 2.35. The number of allylic oxidation sites excluding steroid dienone is 1. The van der Waals surface area contributed by atoms with Gasteiger partial charge in [0.05, 0.1) is 5.56 Å². The maximum Gasteiger partial charge on any atom is 0.416 e. The Balaban J connectivity index is 2.26. The number of hydrogen-bond acceptors (Lipinski definition) is 1. The molecule has 0 aliphatic carbocycles. The van der Waals surface area contributed by atoms with E-state index in [1.165, 1.54) is 12.1 Å². The highest BCUT2D eigenvalue weighted by Gasteiger charge is 2.32. The molecule has 1 aromatic rings. The standard InChI is InChI=1S/C13H14F3N/c1-9-6-11(8-17(9)2)10-4-3-5-12(7-10)13(14,15)16/h3-5,7,11H,1,6,8H2,2H3. The van der Waals surface area contributed by atoms with Crippen LogP contribution in [0.15, 0.2) is 36.5 Å². The predicted molar refractivity (Wildman–Crippen MR) is 60.6 cm³/mol. The summed E-state index contributed by atoms with van der Waals surface area (Å²) in [6.07, 6.45) is -3.53. The summed E-state index contributed by atoms with van der Waals surface area (Å²) in [4.78, 5) is 1.99. The Labute approximate surface area is 98.5 Å². The minimum absolute atomic E-state index is 0.120. The van der Waals surface area contributed by atoms with Crippen LogP contribution in [-0.2, 0) is 6.18 Å². The molecule has 1 aliphatic rings. The fraction of sp³-hybridized carbons (Fsp3) is 0.385. The molecule has 4 heteroatoms. The van der Waals surface area contributed by atoms with Crippen molar-refractivity contribution in [2.45, 2.75) is 18.5 Å². The monoisotopic (exact) mass is 241 g/mol. The molecule has 0 spiro atoms. The molecule has 1 heterocycles. The van der Waals surface area contributed by atoms with Crippen LogP contribution in [0.25, 0.3) is 0 Å². The third kappa shape index (κ3) is 2.46.